The molecule has 1 unspecified atom stereocenters. The fraction of sp³-hybridized carbons (Fsp3) is 0.273. The van der Waals surface area contributed by atoms with Crippen molar-refractivity contribution in [1.82, 2.24) is 0 Å². The average molecular weight is 144 g/mol. The number of hydrogen-bond donors (Lipinski definition) is 0. The minimum absolute atomic E-state index is 0.748. The molecule has 0 spiro atoms. The lowest BCUT2D eigenvalue weighted by molar-refractivity contribution is 1.01. The highest BCUT2D eigenvalue weighted by Crippen LogP contribution is 2.47. The van der Waals surface area contributed by atoms with E-state index in [2.05, 4.69) is 43.0 Å². The van der Waals surface area contributed by atoms with Crippen molar-refractivity contribution in [2.24, 2.45) is 5.92 Å². The molecule has 2 rings (SSSR count). The summed E-state index contributed by atoms with van der Waals surface area (Å²) in [7, 11) is 0. The Morgan fingerprint density at radius 1 is 1.27 bits per heavy atom. The molecule has 0 aliphatic heterocycles. The second kappa shape index (κ2) is 2.54. The molecule has 0 heterocycles. The van der Waals surface area contributed by atoms with Crippen LogP contribution in [0.4, 0.5) is 0 Å². The van der Waals surface area contributed by atoms with E-state index in [1.165, 1.54) is 12.0 Å². The molecule has 1 aromatic rings. The summed E-state index contributed by atoms with van der Waals surface area (Å²) in [5, 5.41) is 0. The van der Waals surface area contributed by atoms with Gasteiger partial charge in [0.15, 0.2) is 0 Å². The molecule has 1 fully saturated rings. The lowest BCUT2D eigenvalue weighted by Crippen LogP contribution is -1.78. The van der Waals surface area contributed by atoms with E-state index < -0.39 is 0 Å². The van der Waals surface area contributed by atoms with Gasteiger partial charge < -0.3 is 0 Å². The van der Waals surface area contributed by atoms with Crippen LogP contribution >= 0.6 is 0 Å². The molecule has 0 nitrogen and oxygen atoms in total. The van der Waals surface area contributed by atoms with Crippen molar-refractivity contribution in [3.63, 3.8) is 0 Å². The highest BCUT2D eigenvalue weighted by Gasteiger charge is 2.35. The molecular weight excluding hydrogens is 132 g/mol. The predicted octanol–water partition coefficient (Wildman–Crippen LogP) is 2.98. The van der Waals surface area contributed by atoms with Crippen LogP contribution in [-0.4, -0.2) is 0 Å². The Balaban J connectivity index is 2.14. The molecular formula is C11H12. The molecule has 56 valence electrons. The van der Waals surface area contributed by atoms with Gasteiger partial charge in [0, 0.05) is 0 Å². The van der Waals surface area contributed by atoms with Crippen LogP contribution in [0.25, 0.3) is 0 Å². The van der Waals surface area contributed by atoms with E-state index in [9.17, 15) is 0 Å². The summed E-state index contributed by atoms with van der Waals surface area (Å²) in [6.07, 6.45) is 3.37. The van der Waals surface area contributed by atoms with Crippen LogP contribution in [0.2, 0.25) is 0 Å². The van der Waals surface area contributed by atoms with Crippen molar-refractivity contribution >= 4 is 0 Å². The van der Waals surface area contributed by atoms with Crippen LogP contribution < -0.4 is 0 Å². The highest BCUT2D eigenvalue weighted by atomic mass is 14.4. The average Bonchev–Trinajstić information content (AvgIpc) is 2.85. The fourth-order valence-electron chi connectivity index (χ4n) is 1.56. The summed E-state index contributed by atoms with van der Waals surface area (Å²) in [6.45, 7) is 3.80. The van der Waals surface area contributed by atoms with Gasteiger partial charge in [0.2, 0.25) is 0 Å². The Morgan fingerprint density at radius 3 is 2.55 bits per heavy atom. The maximum Gasteiger partial charge on any atom is -0.00931 e. The molecule has 2 atom stereocenters. The second-order valence-electron chi connectivity index (χ2n) is 3.15. The molecule has 1 aliphatic rings. The van der Waals surface area contributed by atoms with Crippen molar-refractivity contribution in [3.05, 3.63) is 48.6 Å². The van der Waals surface area contributed by atoms with E-state index in [0.29, 0.717) is 0 Å². The van der Waals surface area contributed by atoms with Crippen molar-refractivity contribution < 1.29 is 0 Å². The van der Waals surface area contributed by atoms with Crippen LogP contribution in [0.15, 0.2) is 43.0 Å². The van der Waals surface area contributed by atoms with Crippen LogP contribution in [0.1, 0.15) is 17.9 Å². The molecule has 1 saturated carbocycles. The second-order valence-corrected chi connectivity index (χ2v) is 3.15. The summed E-state index contributed by atoms with van der Waals surface area (Å²) in [5.41, 5.74) is 1.47. The third-order valence-electron chi connectivity index (χ3n) is 2.37. The van der Waals surface area contributed by atoms with Gasteiger partial charge in [-0.25, -0.2) is 0 Å². The molecule has 0 N–H and O–H groups in total. The zero-order valence-electron chi connectivity index (χ0n) is 6.53. The molecule has 1 aliphatic carbocycles. The predicted molar refractivity (Wildman–Crippen MR) is 47.5 cm³/mol. The number of allylic oxidation sites excluding steroid dienone is 1. The first-order chi connectivity index (χ1) is 5.42. The monoisotopic (exact) mass is 144 g/mol. The largest absolute Gasteiger partial charge is 0.103 e. The Bertz CT molecular complexity index is 248. The maximum absolute atomic E-state index is 3.80. The standard InChI is InChI=1S/C11H12/c1-2-9-8-11(9)10-6-4-3-5-7-10/h2-7,9,11H,1,8H2/t9-,11?/m1/s1. The van der Waals surface area contributed by atoms with Gasteiger partial charge in [-0.1, -0.05) is 36.4 Å². The van der Waals surface area contributed by atoms with Crippen LogP contribution in [-0.2, 0) is 0 Å². The molecule has 0 saturated heterocycles. The first-order valence-corrected chi connectivity index (χ1v) is 4.09. The topological polar surface area (TPSA) is 0 Å². The van der Waals surface area contributed by atoms with E-state index in [0.717, 1.165) is 11.8 Å². The Labute approximate surface area is 67.6 Å². The summed E-state index contributed by atoms with van der Waals surface area (Å²) < 4.78 is 0. The highest BCUT2D eigenvalue weighted by molar-refractivity contribution is 5.27. The van der Waals surface area contributed by atoms with E-state index in [1.807, 2.05) is 0 Å². The van der Waals surface area contributed by atoms with Crippen molar-refractivity contribution in [1.29, 1.82) is 0 Å². The fourth-order valence-corrected chi connectivity index (χ4v) is 1.56. The van der Waals surface area contributed by atoms with E-state index in [-0.39, 0.29) is 0 Å². The van der Waals surface area contributed by atoms with Gasteiger partial charge in [-0.15, -0.1) is 6.58 Å². The molecule has 1 aromatic carbocycles. The summed E-state index contributed by atoms with van der Waals surface area (Å²) in [4.78, 5) is 0. The molecule has 0 amide bonds. The Hall–Kier alpha value is -1.04. The zero-order valence-corrected chi connectivity index (χ0v) is 6.53. The minimum Gasteiger partial charge on any atom is -0.103 e. The van der Waals surface area contributed by atoms with Gasteiger partial charge in [-0.05, 0) is 23.8 Å². The molecule has 0 bridgehead atoms. The normalized spacial score (nSPS) is 28.0. The van der Waals surface area contributed by atoms with Crippen molar-refractivity contribution in [2.45, 2.75) is 12.3 Å². The molecule has 0 radical (unpaired) electrons. The first kappa shape index (κ1) is 6.66. The van der Waals surface area contributed by atoms with Crippen molar-refractivity contribution in [2.75, 3.05) is 0 Å². The summed E-state index contributed by atoms with van der Waals surface area (Å²) >= 11 is 0. The minimum atomic E-state index is 0.748. The SMILES string of the molecule is C=C[C@@H]1CC1c1ccccc1. The smallest absolute Gasteiger partial charge is 0.00931 e. The number of rotatable bonds is 2. The van der Waals surface area contributed by atoms with Gasteiger partial charge in [-0.3, -0.25) is 0 Å². The molecule has 0 heteroatoms. The van der Waals surface area contributed by atoms with Gasteiger partial charge in [0.05, 0.1) is 0 Å². The zero-order chi connectivity index (χ0) is 7.68. The summed E-state index contributed by atoms with van der Waals surface area (Å²) in [6, 6.07) is 10.7. The van der Waals surface area contributed by atoms with E-state index in [4.69, 9.17) is 0 Å². The lowest BCUT2D eigenvalue weighted by Gasteiger charge is -1.95. The van der Waals surface area contributed by atoms with Crippen molar-refractivity contribution in [3.8, 4) is 0 Å². The summed E-state index contributed by atoms with van der Waals surface area (Å²) in [5.74, 6) is 1.52. The van der Waals surface area contributed by atoms with Gasteiger partial charge in [-0.2, -0.15) is 0 Å². The van der Waals surface area contributed by atoms with Crippen LogP contribution in [0, 0.1) is 5.92 Å². The maximum atomic E-state index is 3.80. The van der Waals surface area contributed by atoms with Gasteiger partial charge in [0.1, 0.15) is 0 Å². The lowest BCUT2D eigenvalue weighted by atomic mass is 10.1. The molecule has 11 heavy (non-hydrogen) atoms. The quantitative estimate of drug-likeness (QED) is 0.560. The third kappa shape index (κ3) is 1.21. The number of benzene rings is 1. The van der Waals surface area contributed by atoms with E-state index >= 15 is 0 Å². The van der Waals surface area contributed by atoms with Gasteiger partial charge in [0.25, 0.3) is 0 Å². The third-order valence-corrected chi connectivity index (χ3v) is 2.37. The Kier molecular flexibility index (Phi) is 1.54. The molecule has 0 aromatic heterocycles. The first-order valence-electron chi connectivity index (χ1n) is 4.09. The van der Waals surface area contributed by atoms with Crippen LogP contribution in [0.5, 0.6) is 0 Å². The van der Waals surface area contributed by atoms with Crippen LogP contribution in [0.3, 0.4) is 0 Å². The number of hydrogen-bond acceptors (Lipinski definition) is 0. The van der Waals surface area contributed by atoms with E-state index in [1.54, 1.807) is 0 Å². The van der Waals surface area contributed by atoms with Gasteiger partial charge >= 0.3 is 0 Å². The Morgan fingerprint density at radius 2 is 2.00 bits per heavy atom.